The van der Waals surface area contributed by atoms with Gasteiger partial charge < -0.3 is 15.5 Å². The summed E-state index contributed by atoms with van der Waals surface area (Å²) in [4.78, 5) is 11.1. The number of carboxylic acids is 1. The molecule has 0 unspecified atom stereocenters. The van der Waals surface area contributed by atoms with E-state index in [-0.39, 0.29) is 22.8 Å². The fourth-order valence-corrected chi connectivity index (χ4v) is 3.87. The average molecular weight is 378 g/mol. The Balaban J connectivity index is 2.35. The first-order valence-corrected chi connectivity index (χ1v) is 9.63. The van der Waals surface area contributed by atoms with E-state index < -0.39 is 22.0 Å². The fraction of sp³-hybridized carbons (Fsp3) is 0.278. The summed E-state index contributed by atoms with van der Waals surface area (Å²) >= 11 is 0. The van der Waals surface area contributed by atoms with Crippen molar-refractivity contribution in [3.05, 3.63) is 59.7 Å². The van der Waals surface area contributed by atoms with E-state index >= 15 is 0 Å². The predicted octanol–water partition coefficient (Wildman–Crippen LogP) is 2.22. The van der Waals surface area contributed by atoms with Gasteiger partial charge in [-0.3, -0.25) is 0 Å². The first-order valence-electron chi connectivity index (χ1n) is 8.14. The molecule has 0 heterocycles. The molecule has 2 aromatic rings. The zero-order chi connectivity index (χ0) is 19.2. The fourth-order valence-electron chi connectivity index (χ4n) is 2.43. The highest BCUT2D eigenvalue weighted by atomic mass is 32.2. The molecule has 140 valence electrons. The Morgan fingerprint density at radius 3 is 2.46 bits per heavy atom. The Morgan fingerprint density at radius 1 is 1.15 bits per heavy atom. The molecule has 26 heavy (non-hydrogen) atoms. The largest absolute Gasteiger partial charge is 0.478 e. The molecule has 0 amide bonds. The lowest BCUT2D eigenvalue weighted by molar-refractivity contribution is 0.0696. The first kappa shape index (κ1) is 19.9. The van der Waals surface area contributed by atoms with Crippen molar-refractivity contribution >= 4 is 21.7 Å². The maximum atomic E-state index is 12.9. The van der Waals surface area contributed by atoms with E-state index in [0.29, 0.717) is 13.0 Å². The second-order valence-corrected chi connectivity index (χ2v) is 7.46. The van der Waals surface area contributed by atoms with Crippen LogP contribution in [0.2, 0.25) is 0 Å². The van der Waals surface area contributed by atoms with Crippen LogP contribution in [-0.2, 0) is 10.0 Å². The number of aliphatic hydroxyl groups is 1. The molecular weight excluding hydrogens is 356 g/mol. The van der Waals surface area contributed by atoms with Crippen molar-refractivity contribution in [1.29, 1.82) is 0 Å². The maximum Gasteiger partial charge on any atom is 0.335 e. The number of hydrogen-bond acceptors (Lipinski definition) is 5. The molecular formula is C18H22N2O5S. The number of carbonyl (C=O) groups is 1. The highest BCUT2D eigenvalue weighted by Crippen LogP contribution is 2.25. The monoisotopic (exact) mass is 378 g/mol. The lowest BCUT2D eigenvalue weighted by Crippen LogP contribution is -2.28. The third kappa shape index (κ3) is 5.04. The smallest absolute Gasteiger partial charge is 0.335 e. The second-order valence-electron chi connectivity index (χ2n) is 5.77. The summed E-state index contributed by atoms with van der Waals surface area (Å²) in [5, 5.41) is 21.0. The van der Waals surface area contributed by atoms with Crippen LogP contribution in [0.25, 0.3) is 0 Å². The van der Waals surface area contributed by atoms with Crippen molar-refractivity contribution in [2.45, 2.75) is 24.3 Å². The van der Waals surface area contributed by atoms with Crippen LogP contribution in [0.1, 0.15) is 35.3 Å². The Hall–Kier alpha value is -2.42. The lowest BCUT2D eigenvalue weighted by atomic mass is 10.1. The number of rotatable bonds is 9. The van der Waals surface area contributed by atoms with Gasteiger partial charge in [0, 0.05) is 19.2 Å². The van der Waals surface area contributed by atoms with Gasteiger partial charge in [0.25, 0.3) is 0 Å². The van der Waals surface area contributed by atoms with Gasteiger partial charge in [0.1, 0.15) is 4.90 Å². The molecule has 0 aromatic heterocycles. The van der Waals surface area contributed by atoms with E-state index in [1.54, 1.807) is 19.1 Å². The number of sulfonamides is 1. The zero-order valence-corrected chi connectivity index (χ0v) is 15.2. The summed E-state index contributed by atoms with van der Waals surface area (Å²) in [5.41, 5.74) is 0.960. The molecule has 0 bridgehead atoms. The minimum atomic E-state index is -3.97. The normalized spacial score (nSPS) is 12.5. The van der Waals surface area contributed by atoms with Crippen molar-refractivity contribution in [1.82, 2.24) is 4.72 Å². The molecule has 0 aliphatic heterocycles. The summed E-state index contributed by atoms with van der Waals surface area (Å²) in [5.74, 6) is -1.21. The van der Waals surface area contributed by atoms with Gasteiger partial charge >= 0.3 is 5.97 Å². The van der Waals surface area contributed by atoms with Crippen molar-refractivity contribution < 1.29 is 23.4 Å². The minimum absolute atomic E-state index is 0.0361. The molecule has 1 atom stereocenters. The van der Waals surface area contributed by atoms with Crippen LogP contribution in [0.3, 0.4) is 0 Å². The van der Waals surface area contributed by atoms with Gasteiger partial charge in [-0.15, -0.1) is 0 Å². The van der Waals surface area contributed by atoms with Gasteiger partial charge in [0.2, 0.25) is 10.0 Å². The number of aliphatic hydroxyl groups excluding tert-OH is 1. The molecule has 0 aliphatic rings. The molecule has 7 nitrogen and oxygen atoms in total. The summed E-state index contributed by atoms with van der Waals surface area (Å²) in [6.45, 7) is 2.04. The van der Waals surface area contributed by atoms with Crippen molar-refractivity contribution in [2.75, 3.05) is 18.5 Å². The van der Waals surface area contributed by atoms with Crippen LogP contribution < -0.4 is 10.0 Å². The van der Waals surface area contributed by atoms with Gasteiger partial charge in [-0.1, -0.05) is 30.3 Å². The van der Waals surface area contributed by atoms with E-state index in [9.17, 15) is 18.3 Å². The summed E-state index contributed by atoms with van der Waals surface area (Å²) in [6.07, 6.45) is 0.439. The minimum Gasteiger partial charge on any atom is -0.478 e. The lowest BCUT2D eigenvalue weighted by Gasteiger charge is -2.18. The number of hydrogen-bond donors (Lipinski definition) is 4. The molecule has 2 aromatic carbocycles. The summed E-state index contributed by atoms with van der Waals surface area (Å²) in [6, 6.07) is 12.5. The molecule has 0 aliphatic carbocycles. The average Bonchev–Trinajstić information content (AvgIpc) is 2.62. The number of anilines is 1. The maximum absolute atomic E-state index is 12.9. The molecule has 0 fully saturated rings. The Morgan fingerprint density at radius 2 is 1.85 bits per heavy atom. The second kappa shape index (κ2) is 8.79. The van der Waals surface area contributed by atoms with Gasteiger partial charge in [0.05, 0.1) is 11.3 Å². The van der Waals surface area contributed by atoms with Gasteiger partial charge in [-0.25, -0.2) is 17.9 Å². The van der Waals surface area contributed by atoms with E-state index in [2.05, 4.69) is 10.0 Å². The van der Waals surface area contributed by atoms with E-state index in [4.69, 9.17) is 5.11 Å². The number of aromatic carboxylic acids is 1. The number of nitrogens with one attached hydrogen (secondary N) is 2. The molecule has 0 saturated carbocycles. The van der Waals surface area contributed by atoms with Gasteiger partial charge in [-0.05, 0) is 37.1 Å². The molecule has 0 spiro atoms. The van der Waals surface area contributed by atoms with Crippen LogP contribution in [0.15, 0.2) is 53.4 Å². The Kier molecular flexibility index (Phi) is 6.73. The summed E-state index contributed by atoms with van der Waals surface area (Å²) < 4.78 is 28.3. The zero-order valence-electron chi connectivity index (χ0n) is 14.3. The molecule has 4 N–H and O–H groups in total. The topological polar surface area (TPSA) is 116 Å². The molecule has 2 rings (SSSR count). The van der Waals surface area contributed by atoms with E-state index in [0.717, 1.165) is 11.6 Å². The van der Waals surface area contributed by atoms with E-state index in [1.807, 2.05) is 18.2 Å². The standard InChI is InChI=1S/C18H22N2O5S/c1-13(14-6-3-2-4-7-14)20-26(24,25)17-12-15(18(22)23)8-9-16(17)19-10-5-11-21/h2-4,6-9,12-13,19-21H,5,10-11H2,1H3,(H,22,23)/t13-/m0/s1. The van der Waals surface area contributed by atoms with Crippen LogP contribution in [0.4, 0.5) is 5.69 Å². The third-order valence-electron chi connectivity index (χ3n) is 3.80. The Labute approximate surface area is 152 Å². The SMILES string of the molecule is C[C@H](NS(=O)(=O)c1cc(C(=O)O)ccc1NCCCO)c1ccccc1. The van der Waals surface area contributed by atoms with Crippen LogP contribution in [-0.4, -0.2) is 37.8 Å². The Bertz CT molecular complexity index is 853. The molecule has 8 heteroatoms. The van der Waals surface area contributed by atoms with Crippen molar-refractivity contribution in [3.8, 4) is 0 Å². The van der Waals surface area contributed by atoms with Crippen LogP contribution in [0, 0.1) is 0 Å². The molecule has 0 radical (unpaired) electrons. The quantitative estimate of drug-likeness (QED) is 0.497. The van der Waals surface area contributed by atoms with E-state index in [1.165, 1.54) is 12.1 Å². The van der Waals surface area contributed by atoms with Crippen molar-refractivity contribution in [3.63, 3.8) is 0 Å². The highest BCUT2D eigenvalue weighted by Gasteiger charge is 2.23. The third-order valence-corrected chi connectivity index (χ3v) is 5.38. The number of carboxylic acid groups (broad SMARTS) is 1. The van der Waals surface area contributed by atoms with Crippen molar-refractivity contribution in [2.24, 2.45) is 0 Å². The highest BCUT2D eigenvalue weighted by molar-refractivity contribution is 7.89. The van der Waals surface area contributed by atoms with Crippen LogP contribution in [0.5, 0.6) is 0 Å². The molecule has 0 saturated heterocycles. The van der Waals surface area contributed by atoms with Gasteiger partial charge in [-0.2, -0.15) is 0 Å². The number of benzene rings is 2. The van der Waals surface area contributed by atoms with Crippen LogP contribution >= 0.6 is 0 Å². The summed E-state index contributed by atoms with van der Waals surface area (Å²) in [7, 11) is -3.97. The van der Waals surface area contributed by atoms with Gasteiger partial charge in [0.15, 0.2) is 0 Å². The predicted molar refractivity (Wildman–Crippen MR) is 98.8 cm³/mol. The first-order chi connectivity index (χ1) is 12.3.